The quantitative estimate of drug-likeness (QED) is 0.830. The first kappa shape index (κ1) is 12.7. The van der Waals surface area contributed by atoms with Crippen molar-refractivity contribution in [3.05, 3.63) is 48.5 Å². The van der Waals surface area contributed by atoms with Gasteiger partial charge in [-0.2, -0.15) is 0 Å². The average molecular weight is 390 g/mol. The number of hydrogen-bond donors (Lipinski definition) is 1. The Morgan fingerprint density at radius 1 is 1.28 bits per heavy atom. The molecule has 1 aliphatic rings. The van der Waals surface area contributed by atoms with Gasteiger partial charge >= 0.3 is 0 Å². The summed E-state index contributed by atoms with van der Waals surface area (Å²) in [6, 6.07) is 5.93. The van der Waals surface area contributed by atoms with Crippen LogP contribution in [0.15, 0.2) is 31.8 Å². The van der Waals surface area contributed by atoms with E-state index in [2.05, 4.69) is 37.9 Å². The van der Waals surface area contributed by atoms with Gasteiger partial charge in [-0.25, -0.2) is 0 Å². The van der Waals surface area contributed by atoms with Crippen LogP contribution < -0.4 is 4.74 Å². The molecule has 1 N–H and O–H groups in total. The van der Waals surface area contributed by atoms with Gasteiger partial charge in [-0.1, -0.05) is 15.9 Å². The lowest BCUT2D eigenvalue weighted by atomic mass is 10.0. The lowest BCUT2D eigenvalue weighted by molar-refractivity contribution is 0.214. The molecule has 0 saturated heterocycles. The molecule has 1 aromatic carbocycles. The fourth-order valence-corrected chi connectivity index (χ4v) is 3.86. The van der Waals surface area contributed by atoms with Crippen LogP contribution >= 0.6 is 43.2 Å². The van der Waals surface area contributed by atoms with Crippen molar-refractivity contribution in [2.24, 2.45) is 0 Å². The van der Waals surface area contributed by atoms with E-state index in [1.807, 2.05) is 17.5 Å². The van der Waals surface area contributed by atoms with E-state index in [9.17, 15) is 5.11 Å². The summed E-state index contributed by atoms with van der Waals surface area (Å²) in [5.41, 5.74) is 2.89. The van der Waals surface area contributed by atoms with E-state index in [-0.39, 0.29) is 0 Å². The molecule has 0 bridgehead atoms. The Labute approximate surface area is 126 Å². The number of thiophene rings is 1. The van der Waals surface area contributed by atoms with E-state index < -0.39 is 6.10 Å². The molecule has 1 aliphatic heterocycles. The molecule has 18 heavy (non-hydrogen) atoms. The van der Waals surface area contributed by atoms with Gasteiger partial charge in [0, 0.05) is 16.5 Å². The minimum atomic E-state index is -0.642. The number of benzene rings is 1. The normalized spacial score (nSPS) is 15.3. The van der Waals surface area contributed by atoms with Gasteiger partial charge in [0.25, 0.3) is 0 Å². The zero-order valence-electron chi connectivity index (χ0n) is 9.32. The van der Waals surface area contributed by atoms with Crippen LogP contribution in [0.1, 0.15) is 22.8 Å². The summed E-state index contributed by atoms with van der Waals surface area (Å²) in [6.45, 7) is 0.693. The van der Waals surface area contributed by atoms with Crippen LogP contribution in [0.4, 0.5) is 0 Å². The molecule has 1 unspecified atom stereocenters. The third-order valence-electron chi connectivity index (χ3n) is 2.98. The standard InChI is InChI=1S/C13H10Br2O2S/c14-9-3-7-1-2-17-13(7)10(5-9)12(16)8-4-11(15)18-6-8/h3-6,12,16H,1-2H2. The highest BCUT2D eigenvalue weighted by atomic mass is 79.9. The second-order valence-corrected chi connectivity index (χ2v) is 7.37. The Morgan fingerprint density at radius 3 is 2.83 bits per heavy atom. The zero-order valence-corrected chi connectivity index (χ0v) is 13.3. The summed E-state index contributed by atoms with van der Waals surface area (Å²) in [5, 5.41) is 12.4. The third kappa shape index (κ3) is 2.25. The molecular formula is C13H10Br2O2S. The van der Waals surface area contributed by atoms with E-state index in [1.54, 1.807) is 11.3 Å². The number of fused-ring (bicyclic) bond motifs is 1. The highest BCUT2D eigenvalue weighted by Gasteiger charge is 2.23. The largest absolute Gasteiger partial charge is 0.493 e. The van der Waals surface area contributed by atoms with Gasteiger partial charge in [-0.05, 0) is 50.6 Å². The van der Waals surface area contributed by atoms with Crippen molar-refractivity contribution in [1.82, 2.24) is 0 Å². The van der Waals surface area contributed by atoms with Crippen molar-refractivity contribution in [3.8, 4) is 5.75 Å². The first-order valence-electron chi connectivity index (χ1n) is 5.52. The van der Waals surface area contributed by atoms with E-state index in [4.69, 9.17) is 4.74 Å². The lowest BCUT2D eigenvalue weighted by Crippen LogP contribution is -2.01. The SMILES string of the molecule is OC(c1csc(Br)c1)c1cc(Br)cc2c1OCC2. The summed E-state index contributed by atoms with van der Waals surface area (Å²) in [4.78, 5) is 0. The molecule has 2 nitrogen and oxygen atoms in total. The summed E-state index contributed by atoms with van der Waals surface area (Å²) in [6.07, 6.45) is 0.263. The molecule has 2 heterocycles. The molecule has 2 aromatic rings. The number of hydrogen-bond acceptors (Lipinski definition) is 3. The van der Waals surface area contributed by atoms with E-state index in [1.165, 1.54) is 0 Å². The van der Waals surface area contributed by atoms with Crippen molar-refractivity contribution in [1.29, 1.82) is 0 Å². The van der Waals surface area contributed by atoms with Gasteiger partial charge < -0.3 is 9.84 Å². The maximum atomic E-state index is 10.5. The second kappa shape index (κ2) is 4.96. The first-order chi connectivity index (χ1) is 8.65. The first-order valence-corrected chi connectivity index (χ1v) is 7.99. The zero-order chi connectivity index (χ0) is 12.7. The molecule has 0 spiro atoms. The monoisotopic (exact) mass is 388 g/mol. The Hall–Kier alpha value is -0.360. The Morgan fingerprint density at radius 2 is 2.11 bits per heavy atom. The number of aliphatic hydroxyl groups is 1. The van der Waals surface area contributed by atoms with E-state index >= 15 is 0 Å². The molecule has 0 amide bonds. The van der Waals surface area contributed by atoms with Gasteiger partial charge in [0.15, 0.2) is 0 Å². The molecule has 0 fully saturated rings. The molecule has 1 aromatic heterocycles. The van der Waals surface area contributed by atoms with Crippen molar-refractivity contribution in [3.63, 3.8) is 0 Å². The van der Waals surface area contributed by atoms with Crippen molar-refractivity contribution in [2.45, 2.75) is 12.5 Å². The van der Waals surface area contributed by atoms with Crippen LogP contribution in [0.3, 0.4) is 0 Å². The molecule has 94 valence electrons. The van der Waals surface area contributed by atoms with Crippen LogP contribution in [0.5, 0.6) is 5.75 Å². The van der Waals surface area contributed by atoms with E-state index in [0.29, 0.717) is 6.61 Å². The predicted molar refractivity (Wildman–Crippen MR) is 79.4 cm³/mol. The lowest BCUT2D eigenvalue weighted by Gasteiger charge is -2.14. The molecule has 0 radical (unpaired) electrons. The number of rotatable bonds is 2. The summed E-state index contributed by atoms with van der Waals surface area (Å²) in [5.74, 6) is 0.841. The molecule has 0 aliphatic carbocycles. The minimum absolute atomic E-state index is 0.642. The number of halogens is 2. The Kier molecular flexibility index (Phi) is 3.49. The van der Waals surface area contributed by atoms with Gasteiger partial charge in [0.05, 0.1) is 10.4 Å². The Balaban J connectivity index is 2.06. The maximum Gasteiger partial charge on any atom is 0.128 e. The van der Waals surface area contributed by atoms with Crippen molar-refractivity contribution in [2.75, 3.05) is 6.61 Å². The fraction of sp³-hybridized carbons (Fsp3) is 0.231. The van der Waals surface area contributed by atoms with Crippen LogP contribution in [0.2, 0.25) is 0 Å². The summed E-state index contributed by atoms with van der Waals surface area (Å²) < 4.78 is 7.64. The molecule has 5 heteroatoms. The van der Waals surface area contributed by atoms with Gasteiger partial charge in [-0.3, -0.25) is 0 Å². The van der Waals surface area contributed by atoms with Crippen molar-refractivity contribution >= 4 is 43.2 Å². The average Bonchev–Trinajstić information content (AvgIpc) is 2.95. The Bertz CT molecular complexity index is 595. The minimum Gasteiger partial charge on any atom is -0.493 e. The fourth-order valence-electron chi connectivity index (χ4n) is 2.15. The van der Waals surface area contributed by atoms with Gasteiger partial charge in [-0.15, -0.1) is 11.3 Å². The van der Waals surface area contributed by atoms with E-state index in [0.717, 1.165) is 37.1 Å². The van der Waals surface area contributed by atoms with Crippen LogP contribution in [0, 0.1) is 0 Å². The van der Waals surface area contributed by atoms with Crippen LogP contribution in [-0.4, -0.2) is 11.7 Å². The van der Waals surface area contributed by atoms with Gasteiger partial charge in [0.1, 0.15) is 11.9 Å². The summed E-state index contributed by atoms with van der Waals surface area (Å²) in [7, 11) is 0. The second-order valence-electron chi connectivity index (χ2n) is 4.17. The van der Waals surface area contributed by atoms with Crippen molar-refractivity contribution < 1.29 is 9.84 Å². The van der Waals surface area contributed by atoms with Crippen LogP contribution in [0.25, 0.3) is 0 Å². The molecule has 0 saturated carbocycles. The molecule has 3 rings (SSSR count). The number of aliphatic hydroxyl groups excluding tert-OH is 1. The molecule has 1 atom stereocenters. The molecular weight excluding hydrogens is 380 g/mol. The number of ether oxygens (including phenoxy) is 1. The highest BCUT2D eigenvalue weighted by Crippen LogP contribution is 2.39. The third-order valence-corrected chi connectivity index (χ3v) is 4.96. The smallest absolute Gasteiger partial charge is 0.128 e. The summed E-state index contributed by atoms with van der Waals surface area (Å²) >= 11 is 8.47. The van der Waals surface area contributed by atoms with Crippen LogP contribution in [-0.2, 0) is 6.42 Å². The predicted octanol–water partition coefficient (Wildman–Crippen LogP) is 4.29. The topological polar surface area (TPSA) is 29.5 Å². The van der Waals surface area contributed by atoms with Gasteiger partial charge in [0.2, 0.25) is 0 Å². The highest BCUT2D eigenvalue weighted by molar-refractivity contribution is 9.11. The maximum absolute atomic E-state index is 10.5.